The molecule has 0 fully saturated rings. The van der Waals surface area contributed by atoms with Crippen LogP contribution in [-0.4, -0.2) is 35.7 Å². The number of anilines is 1. The number of hydrogen-bond donors (Lipinski definition) is 2. The van der Waals surface area contributed by atoms with Crippen LogP contribution in [0.1, 0.15) is 43.9 Å². The fraction of sp³-hybridized carbons (Fsp3) is 0.348. The van der Waals surface area contributed by atoms with Crippen molar-refractivity contribution < 1.29 is 14.4 Å². The third kappa shape index (κ3) is 7.19. The van der Waals surface area contributed by atoms with E-state index < -0.39 is 6.04 Å². The van der Waals surface area contributed by atoms with E-state index >= 15 is 0 Å². The molecule has 0 aromatic heterocycles. The Morgan fingerprint density at radius 3 is 2.33 bits per heavy atom. The molecule has 0 bridgehead atoms. The van der Waals surface area contributed by atoms with Crippen molar-refractivity contribution in [2.45, 2.75) is 39.7 Å². The number of rotatable bonds is 9. The van der Waals surface area contributed by atoms with Gasteiger partial charge in [-0.05, 0) is 42.7 Å². The average molecular weight is 430 g/mol. The van der Waals surface area contributed by atoms with Crippen LogP contribution in [0.4, 0.5) is 5.69 Å². The molecule has 0 aliphatic carbocycles. The molecular formula is C23H28ClN3O3. The molecule has 0 saturated carbocycles. The van der Waals surface area contributed by atoms with Crippen molar-refractivity contribution >= 4 is 35.0 Å². The lowest BCUT2D eigenvalue weighted by molar-refractivity contribution is -0.135. The summed E-state index contributed by atoms with van der Waals surface area (Å²) in [6.07, 6.45) is 0.772. The first-order valence-corrected chi connectivity index (χ1v) is 10.3. The monoisotopic (exact) mass is 429 g/mol. The van der Waals surface area contributed by atoms with Gasteiger partial charge in [-0.3, -0.25) is 14.4 Å². The van der Waals surface area contributed by atoms with E-state index in [4.69, 9.17) is 11.6 Å². The van der Waals surface area contributed by atoms with Gasteiger partial charge in [-0.15, -0.1) is 0 Å². The van der Waals surface area contributed by atoms with Crippen molar-refractivity contribution in [2.75, 3.05) is 18.4 Å². The Balaban J connectivity index is 2.09. The molecule has 0 saturated heterocycles. The number of aryl methyl sites for hydroxylation is 1. The van der Waals surface area contributed by atoms with Gasteiger partial charge < -0.3 is 15.5 Å². The molecule has 2 aromatic carbocycles. The molecule has 30 heavy (non-hydrogen) atoms. The second-order valence-electron chi connectivity index (χ2n) is 7.19. The van der Waals surface area contributed by atoms with Crippen molar-refractivity contribution in [3.63, 3.8) is 0 Å². The van der Waals surface area contributed by atoms with Gasteiger partial charge in [0.05, 0.1) is 19.0 Å². The van der Waals surface area contributed by atoms with Gasteiger partial charge >= 0.3 is 0 Å². The highest BCUT2D eigenvalue weighted by molar-refractivity contribution is 6.30. The minimum atomic E-state index is -0.494. The number of nitrogens with one attached hydrogen (secondary N) is 2. The van der Waals surface area contributed by atoms with Gasteiger partial charge in [0.1, 0.15) is 0 Å². The molecule has 2 aromatic rings. The summed E-state index contributed by atoms with van der Waals surface area (Å²) in [5.74, 6) is -0.693. The van der Waals surface area contributed by atoms with E-state index in [0.29, 0.717) is 11.6 Å². The quantitative estimate of drug-likeness (QED) is 0.630. The first-order valence-electron chi connectivity index (χ1n) is 9.96. The molecule has 3 amide bonds. The average Bonchev–Trinajstić information content (AvgIpc) is 2.69. The summed E-state index contributed by atoms with van der Waals surface area (Å²) in [5.41, 5.74) is 2.46. The second-order valence-corrected chi connectivity index (χ2v) is 7.62. The van der Waals surface area contributed by atoms with E-state index in [1.165, 1.54) is 11.8 Å². The summed E-state index contributed by atoms with van der Waals surface area (Å²) in [5, 5.41) is 6.25. The maximum absolute atomic E-state index is 13.0. The lowest BCUT2D eigenvalue weighted by Crippen LogP contribution is -2.40. The fourth-order valence-electron chi connectivity index (χ4n) is 3.13. The number of hydrogen-bond acceptors (Lipinski definition) is 3. The first kappa shape index (κ1) is 23.4. The van der Waals surface area contributed by atoms with Crippen LogP contribution >= 0.6 is 11.6 Å². The van der Waals surface area contributed by atoms with E-state index in [0.717, 1.165) is 23.2 Å². The van der Waals surface area contributed by atoms with Crippen LogP contribution in [0.2, 0.25) is 5.02 Å². The smallest absolute Gasteiger partial charge is 0.244 e. The number of benzene rings is 2. The van der Waals surface area contributed by atoms with Crippen LogP contribution in [0.5, 0.6) is 0 Å². The Morgan fingerprint density at radius 1 is 1.07 bits per heavy atom. The van der Waals surface area contributed by atoms with Gasteiger partial charge in [0.15, 0.2) is 0 Å². The van der Waals surface area contributed by atoms with Crippen LogP contribution in [-0.2, 0) is 14.4 Å². The van der Waals surface area contributed by atoms with Gasteiger partial charge in [0.2, 0.25) is 17.7 Å². The third-order valence-corrected chi connectivity index (χ3v) is 4.88. The number of carbonyl (C=O) groups excluding carboxylic acids is 3. The van der Waals surface area contributed by atoms with Crippen LogP contribution in [0.3, 0.4) is 0 Å². The zero-order valence-electron chi connectivity index (χ0n) is 17.6. The Bertz CT molecular complexity index is 884. The summed E-state index contributed by atoms with van der Waals surface area (Å²) in [6.45, 7) is 5.67. The fourth-order valence-corrected chi connectivity index (χ4v) is 3.26. The maximum atomic E-state index is 13.0. The summed E-state index contributed by atoms with van der Waals surface area (Å²) in [7, 11) is 0. The number of halogens is 1. The minimum absolute atomic E-state index is 0.0472. The maximum Gasteiger partial charge on any atom is 0.244 e. The van der Waals surface area contributed by atoms with E-state index in [9.17, 15) is 14.4 Å². The molecule has 0 heterocycles. The van der Waals surface area contributed by atoms with Gasteiger partial charge in [0, 0.05) is 24.2 Å². The van der Waals surface area contributed by atoms with Crippen molar-refractivity contribution in [1.29, 1.82) is 0 Å². The summed E-state index contributed by atoms with van der Waals surface area (Å²) >= 11 is 5.95. The molecule has 0 spiro atoms. The largest absolute Gasteiger partial charge is 0.349 e. The third-order valence-electron chi connectivity index (χ3n) is 4.63. The molecule has 1 atom stereocenters. The molecule has 0 radical (unpaired) electrons. The SMILES string of the molecule is CCCN(CC(=O)Nc1ccccc1C)C(=O)CC(NC(C)=O)c1ccc(Cl)cc1. The summed E-state index contributed by atoms with van der Waals surface area (Å²) in [4.78, 5) is 38.7. The zero-order valence-corrected chi connectivity index (χ0v) is 18.3. The Labute approximate surface area is 182 Å². The molecular weight excluding hydrogens is 402 g/mol. The molecule has 0 aliphatic rings. The van der Waals surface area contributed by atoms with Crippen LogP contribution in [0.25, 0.3) is 0 Å². The molecule has 1 unspecified atom stereocenters. The van der Waals surface area contributed by atoms with Crippen molar-refractivity contribution in [2.24, 2.45) is 0 Å². The highest BCUT2D eigenvalue weighted by Gasteiger charge is 2.23. The number of nitrogens with zero attached hydrogens (tertiary/aromatic N) is 1. The summed E-state index contributed by atoms with van der Waals surface area (Å²) < 4.78 is 0. The molecule has 6 nitrogen and oxygen atoms in total. The van der Waals surface area contributed by atoms with Gasteiger partial charge in [-0.2, -0.15) is 0 Å². The van der Waals surface area contributed by atoms with Crippen LogP contribution < -0.4 is 10.6 Å². The highest BCUT2D eigenvalue weighted by Crippen LogP contribution is 2.21. The molecule has 160 valence electrons. The summed E-state index contributed by atoms with van der Waals surface area (Å²) in [6, 6.07) is 14.0. The second kappa shape index (κ2) is 11.4. The number of amides is 3. The highest BCUT2D eigenvalue weighted by atomic mass is 35.5. The van der Waals surface area contributed by atoms with Gasteiger partial charge in [0.25, 0.3) is 0 Å². The van der Waals surface area contributed by atoms with Crippen LogP contribution in [0, 0.1) is 6.92 Å². The van der Waals surface area contributed by atoms with Crippen molar-refractivity contribution in [3.05, 3.63) is 64.7 Å². The topological polar surface area (TPSA) is 78.5 Å². The van der Waals surface area contributed by atoms with Crippen molar-refractivity contribution in [3.8, 4) is 0 Å². The van der Waals surface area contributed by atoms with Gasteiger partial charge in [-0.25, -0.2) is 0 Å². The Kier molecular flexibility index (Phi) is 8.87. The lowest BCUT2D eigenvalue weighted by Gasteiger charge is -2.25. The van der Waals surface area contributed by atoms with Gasteiger partial charge in [-0.1, -0.05) is 48.9 Å². The Hall–Kier alpha value is -2.86. The van der Waals surface area contributed by atoms with Crippen molar-refractivity contribution in [1.82, 2.24) is 10.2 Å². The van der Waals surface area contributed by atoms with E-state index in [2.05, 4.69) is 10.6 Å². The molecule has 7 heteroatoms. The molecule has 0 aliphatic heterocycles. The lowest BCUT2D eigenvalue weighted by atomic mass is 10.0. The first-order chi connectivity index (χ1) is 14.3. The van der Waals surface area contributed by atoms with E-state index in [1.807, 2.05) is 38.1 Å². The molecule has 2 N–H and O–H groups in total. The normalized spacial score (nSPS) is 11.5. The predicted octanol–water partition coefficient (Wildman–Crippen LogP) is 4.09. The van der Waals surface area contributed by atoms with E-state index in [-0.39, 0.29) is 30.7 Å². The standard InChI is InChI=1S/C23H28ClN3O3/c1-4-13-27(15-22(29)26-20-8-6-5-7-16(20)2)23(30)14-21(25-17(3)28)18-9-11-19(24)12-10-18/h5-12,21H,4,13-15H2,1-3H3,(H,25,28)(H,26,29). The zero-order chi connectivity index (χ0) is 22.1. The number of para-hydroxylation sites is 1. The predicted molar refractivity (Wildman–Crippen MR) is 119 cm³/mol. The Morgan fingerprint density at radius 2 is 1.73 bits per heavy atom. The van der Waals surface area contributed by atoms with E-state index in [1.54, 1.807) is 24.3 Å². The number of carbonyl (C=O) groups is 3. The molecule has 2 rings (SSSR count). The van der Waals surface area contributed by atoms with Crippen LogP contribution in [0.15, 0.2) is 48.5 Å². The minimum Gasteiger partial charge on any atom is -0.349 e.